The van der Waals surface area contributed by atoms with Gasteiger partial charge in [0.05, 0.1) is 11.4 Å². The minimum Gasteiger partial charge on any atom is -0.369 e. The van der Waals surface area contributed by atoms with Crippen LogP contribution in [0.15, 0.2) is 30.3 Å². The van der Waals surface area contributed by atoms with Gasteiger partial charge in [-0.05, 0) is 41.5 Å². The fraction of sp³-hybridized carbons (Fsp3) is 0.421. The number of nitrogens with zero attached hydrogens (tertiary/aromatic N) is 2. The Morgan fingerprint density at radius 2 is 1.96 bits per heavy atom. The van der Waals surface area contributed by atoms with Crippen molar-refractivity contribution < 1.29 is 9.18 Å². The van der Waals surface area contributed by atoms with Crippen molar-refractivity contribution in [3.05, 3.63) is 47.4 Å². The molecule has 1 aromatic heterocycles. The number of primary amides is 1. The molecular formula is C19H20FN3O. The number of fused-ring (bicyclic) bond motifs is 5. The lowest BCUT2D eigenvalue weighted by molar-refractivity contribution is -0.124. The first-order valence-corrected chi connectivity index (χ1v) is 8.20. The number of hydrogen-bond donors (Lipinski definition) is 1. The summed E-state index contributed by atoms with van der Waals surface area (Å²) < 4.78 is 14.1. The Morgan fingerprint density at radius 1 is 1.25 bits per heavy atom. The molecule has 2 aliphatic rings. The summed E-state index contributed by atoms with van der Waals surface area (Å²) in [4.78, 5) is 12.0. The maximum atomic E-state index is 14.1. The van der Waals surface area contributed by atoms with Gasteiger partial charge in [0, 0.05) is 16.9 Å². The Bertz CT molecular complexity index is 863. The van der Waals surface area contributed by atoms with Gasteiger partial charge in [-0.15, -0.1) is 0 Å². The molecule has 124 valence electrons. The first-order valence-electron chi connectivity index (χ1n) is 8.20. The number of carbonyl (C=O) groups is 1. The molecule has 1 unspecified atom stereocenters. The Labute approximate surface area is 140 Å². The van der Waals surface area contributed by atoms with E-state index in [0.717, 1.165) is 11.3 Å². The zero-order valence-corrected chi connectivity index (χ0v) is 14.0. The molecule has 2 N–H and O–H groups in total. The molecule has 4 nitrogen and oxygen atoms in total. The summed E-state index contributed by atoms with van der Waals surface area (Å²) in [6, 6.07) is 8.51. The largest absolute Gasteiger partial charge is 0.369 e. The summed E-state index contributed by atoms with van der Waals surface area (Å²) in [6.45, 7) is 6.38. The average molecular weight is 325 g/mol. The molecule has 1 fully saturated rings. The van der Waals surface area contributed by atoms with E-state index >= 15 is 0 Å². The number of rotatable bonds is 2. The van der Waals surface area contributed by atoms with Crippen molar-refractivity contribution in [1.29, 1.82) is 0 Å². The van der Waals surface area contributed by atoms with Gasteiger partial charge in [0.2, 0.25) is 5.91 Å². The van der Waals surface area contributed by atoms with Crippen LogP contribution in [0.4, 0.5) is 4.39 Å². The van der Waals surface area contributed by atoms with Crippen LogP contribution in [0, 0.1) is 17.2 Å². The lowest BCUT2D eigenvalue weighted by Crippen LogP contribution is -2.43. The topological polar surface area (TPSA) is 68.9 Å². The highest BCUT2D eigenvalue weighted by atomic mass is 19.1. The van der Waals surface area contributed by atoms with E-state index in [4.69, 9.17) is 5.73 Å². The number of benzene rings is 1. The van der Waals surface area contributed by atoms with Crippen molar-refractivity contribution in [1.82, 2.24) is 10.2 Å². The van der Waals surface area contributed by atoms with Crippen LogP contribution in [-0.4, -0.2) is 16.1 Å². The summed E-state index contributed by atoms with van der Waals surface area (Å²) in [5, 5.41) is 8.70. The second kappa shape index (κ2) is 4.62. The number of nitrogens with two attached hydrogens (primary N) is 1. The van der Waals surface area contributed by atoms with Gasteiger partial charge in [0.1, 0.15) is 5.82 Å². The molecule has 2 bridgehead atoms. The fourth-order valence-electron chi connectivity index (χ4n) is 4.84. The number of hydrogen-bond acceptors (Lipinski definition) is 3. The summed E-state index contributed by atoms with van der Waals surface area (Å²) in [5.41, 5.74) is 7.98. The third-order valence-corrected chi connectivity index (χ3v) is 6.56. The minimum atomic E-state index is -0.431. The van der Waals surface area contributed by atoms with Crippen molar-refractivity contribution in [3.8, 4) is 11.3 Å². The molecule has 24 heavy (non-hydrogen) atoms. The maximum absolute atomic E-state index is 14.1. The normalized spacial score (nSPS) is 29.5. The Kier molecular flexibility index (Phi) is 2.93. The Balaban J connectivity index is 1.89. The second-order valence-electron chi connectivity index (χ2n) is 7.68. The first kappa shape index (κ1) is 15.2. The summed E-state index contributed by atoms with van der Waals surface area (Å²) >= 11 is 0. The molecule has 1 amide bonds. The number of carbonyl (C=O) groups excluding carboxylic acids is 1. The smallest absolute Gasteiger partial charge is 0.221 e. The summed E-state index contributed by atoms with van der Waals surface area (Å²) in [5.74, 6) is -0.649. The molecule has 3 atom stereocenters. The molecule has 0 saturated heterocycles. The second-order valence-corrected chi connectivity index (χ2v) is 7.68. The molecular weight excluding hydrogens is 305 g/mol. The predicted octanol–water partition coefficient (Wildman–Crippen LogP) is 3.17. The summed E-state index contributed by atoms with van der Waals surface area (Å²) in [6.07, 6.45) is 0.717. The van der Waals surface area contributed by atoms with E-state index in [1.165, 1.54) is 6.07 Å². The SMILES string of the molecule is CC1(C)[C@@H]2C[C@@H](C(N)=O)C1(C)c1nnc(-c3ccccc3F)cc12. The van der Waals surface area contributed by atoms with Crippen molar-refractivity contribution in [2.24, 2.45) is 17.1 Å². The third-order valence-electron chi connectivity index (χ3n) is 6.56. The van der Waals surface area contributed by atoms with E-state index in [0.29, 0.717) is 17.7 Å². The van der Waals surface area contributed by atoms with Gasteiger partial charge in [-0.2, -0.15) is 10.2 Å². The van der Waals surface area contributed by atoms with Crippen LogP contribution in [0.2, 0.25) is 0 Å². The standard InChI is InChI=1S/C19H20FN3O/c1-18(2)12-9-13(17(21)24)19(18,3)16-11(12)8-15(22-23-16)10-6-4-5-7-14(10)20/h4-8,12-13H,9H2,1-3H3,(H2,21,24)/t12-,13+,19?/m1/s1. The number of halogens is 1. The quantitative estimate of drug-likeness (QED) is 0.922. The monoisotopic (exact) mass is 325 g/mol. The highest BCUT2D eigenvalue weighted by Crippen LogP contribution is 2.69. The van der Waals surface area contributed by atoms with Gasteiger partial charge in [-0.3, -0.25) is 4.79 Å². The summed E-state index contributed by atoms with van der Waals surface area (Å²) in [7, 11) is 0. The third kappa shape index (κ3) is 1.65. The molecule has 0 aliphatic heterocycles. The van der Waals surface area contributed by atoms with Crippen LogP contribution in [0.25, 0.3) is 11.3 Å². The van der Waals surface area contributed by atoms with Crippen molar-refractivity contribution in [3.63, 3.8) is 0 Å². The van der Waals surface area contributed by atoms with Gasteiger partial charge in [-0.1, -0.05) is 32.9 Å². The maximum Gasteiger partial charge on any atom is 0.221 e. The van der Waals surface area contributed by atoms with Crippen molar-refractivity contribution in [2.75, 3.05) is 0 Å². The lowest BCUT2D eigenvalue weighted by Gasteiger charge is -2.37. The minimum absolute atomic E-state index is 0.141. The van der Waals surface area contributed by atoms with Crippen LogP contribution in [0.1, 0.15) is 44.4 Å². The zero-order chi connectivity index (χ0) is 17.3. The molecule has 1 heterocycles. The van der Waals surface area contributed by atoms with E-state index < -0.39 is 5.41 Å². The van der Waals surface area contributed by atoms with Gasteiger partial charge in [-0.25, -0.2) is 4.39 Å². The molecule has 0 radical (unpaired) electrons. The van der Waals surface area contributed by atoms with Crippen LogP contribution in [0.5, 0.6) is 0 Å². The van der Waals surface area contributed by atoms with E-state index in [2.05, 4.69) is 31.0 Å². The number of amides is 1. The van der Waals surface area contributed by atoms with E-state index in [-0.39, 0.29) is 29.0 Å². The molecule has 4 rings (SSSR count). The van der Waals surface area contributed by atoms with E-state index in [1.54, 1.807) is 18.2 Å². The van der Waals surface area contributed by atoms with Crippen LogP contribution in [-0.2, 0) is 10.2 Å². The van der Waals surface area contributed by atoms with E-state index in [9.17, 15) is 9.18 Å². The fourth-order valence-corrected chi connectivity index (χ4v) is 4.84. The van der Waals surface area contributed by atoms with Crippen molar-refractivity contribution >= 4 is 5.91 Å². The lowest BCUT2D eigenvalue weighted by atomic mass is 9.66. The highest BCUT2D eigenvalue weighted by molar-refractivity contribution is 5.81. The molecule has 0 spiro atoms. The van der Waals surface area contributed by atoms with E-state index in [1.807, 2.05) is 6.07 Å². The van der Waals surface area contributed by atoms with Crippen LogP contribution in [0.3, 0.4) is 0 Å². The predicted molar refractivity (Wildman–Crippen MR) is 88.6 cm³/mol. The van der Waals surface area contributed by atoms with Gasteiger partial charge >= 0.3 is 0 Å². The van der Waals surface area contributed by atoms with Gasteiger partial charge < -0.3 is 5.73 Å². The van der Waals surface area contributed by atoms with Crippen LogP contribution < -0.4 is 5.73 Å². The van der Waals surface area contributed by atoms with Crippen LogP contribution >= 0.6 is 0 Å². The first-order chi connectivity index (χ1) is 11.3. The Hall–Kier alpha value is -2.30. The van der Waals surface area contributed by atoms with Gasteiger partial charge in [0.25, 0.3) is 0 Å². The molecule has 1 saturated carbocycles. The molecule has 2 aromatic rings. The molecule has 2 aliphatic carbocycles. The molecule has 5 heteroatoms. The zero-order valence-electron chi connectivity index (χ0n) is 14.0. The average Bonchev–Trinajstić information content (AvgIpc) is 2.84. The number of aromatic nitrogens is 2. The van der Waals surface area contributed by atoms with Crippen molar-refractivity contribution in [2.45, 2.75) is 38.5 Å². The molecule has 1 aromatic carbocycles. The van der Waals surface area contributed by atoms with Gasteiger partial charge in [0.15, 0.2) is 0 Å². The Morgan fingerprint density at radius 3 is 2.62 bits per heavy atom. The highest BCUT2D eigenvalue weighted by Gasteiger charge is 2.67.